The Labute approximate surface area is 106 Å². The lowest BCUT2D eigenvalue weighted by Crippen LogP contribution is -2.32. The topological polar surface area (TPSA) is 83.8 Å². The molecule has 0 aliphatic rings. The van der Waals surface area contributed by atoms with Gasteiger partial charge in [-0.3, -0.25) is 4.79 Å². The summed E-state index contributed by atoms with van der Waals surface area (Å²) in [7, 11) is -1.74. The van der Waals surface area contributed by atoms with Gasteiger partial charge in [-0.2, -0.15) is 0 Å². The van der Waals surface area contributed by atoms with Crippen molar-refractivity contribution in [3.05, 3.63) is 29.3 Å². The SMILES string of the molecule is CC(C)(C)OC(=O)c1cc(C=O)cc(B(O)O)c1. The summed E-state index contributed by atoms with van der Waals surface area (Å²) in [5.74, 6) is -0.617. The van der Waals surface area contributed by atoms with Gasteiger partial charge in [0.05, 0.1) is 5.56 Å². The monoisotopic (exact) mass is 250 g/mol. The summed E-state index contributed by atoms with van der Waals surface area (Å²) in [6.45, 7) is 5.16. The maximum absolute atomic E-state index is 11.8. The predicted octanol–water partition coefficient (Wildman–Crippen LogP) is 0.134. The Balaban J connectivity index is 3.12. The van der Waals surface area contributed by atoms with Crippen LogP contribution in [-0.4, -0.2) is 35.0 Å². The van der Waals surface area contributed by atoms with Gasteiger partial charge in [-0.05, 0) is 38.4 Å². The minimum absolute atomic E-state index is 0.0699. The summed E-state index contributed by atoms with van der Waals surface area (Å²) in [6, 6.07) is 3.92. The Hall–Kier alpha value is -1.66. The highest BCUT2D eigenvalue weighted by Crippen LogP contribution is 2.12. The Morgan fingerprint density at radius 2 is 1.89 bits per heavy atom. The van der Waals surface area contributed by atoms with Gasteiger partial charge < -0.3 is 14.8 Å². The molecule has 96 valence electrons. The molecule has 0 saturated carbocycles. The van der Waals surface area contributed by atoms with Gasteiger partial charge >= 0.3 is 13.1 Å². The molecule has 5 nitrogen and oxygen atoms in total. The maximum atomic E-state index is 11.8. The number of esters is 1. The zero-order valence-corrected chi connectivity index (χ0v) is 10.5. The first-order valence-electron chi connectivity index (χ1n) is 5.42. The minimum atomic E-state index is -1.74. The highest BCUT2D eigenvalue weighted by atomic mass is 16.6. The Morgan fingerprint density at radius 3 is 2.33 bits per heavy atom. The molecule has 2 N–H and O–H groups in total. The number of ether oxygens (including phenoxy) is 1. The van der Waals surface area contributed by atoms with Gasteiger partial charge in [-0.1, -0.05) is 6.07 Å². The highest BCUT2D eigenvalue weighted by Gasteiger charge is 2.20. The lowest BCUT2D eigenvalue weighted by atomic mass is 9.78. The van der Waals surface area contributed by atoms with Gasteiger partial charge in [0.2, 0.25) is 0 Å². The van der Waals surface area contributed by atoms with Crippen LogP contribution in [0.3, 0.4) is 0 Å². The van der Waals surface area contributed by atoms with Crippen LogP contribution in [0.4, 0.5) is 0 Å². The largest absolute Gasteiger partial charge is 0.488 e. The van der Waals surface area contributed by atoms with Gasteiger partial charge in [0, 0.05) is 5.56 Å². The van der Waals surface area contributed by atoms with Crippen molar-refractivity contribution in [2.45, 2.75) is 26.4 Å². The zero-order chi connectivity index (χ0) is 13.9. The average Bonchev–Trinajstić information content (AvgIpc) is 2.26. The Bertz CT molecular complexity index is 462. The van der Waals surface area contributed by atoms with Crippen LogP contribution in [0.1, 0.15) is 41.5 Å². The lowest BCUT2D eigenvalue weighted by molar-refractivity contribution is 0.00696. The summed E-state index contributed by atoms with van der Waals surface area (Å²) in [5.41, 5.74) is -0.300. The van der Waals surface area contributed by atoms with E-state index in [0.717, 1.165) is 0 Å². The van der Waals surface area contributed by atoms with E-state index in [9.17, 15) is 9.59 Å². The third kappa shape index (κ3) is 3.98. The second-order valence-electron chi connectivity index (χ2n) is 4.88. The third-order valence-electron chi connectivity index (χ3n) is 2.05. The first kappa shape index (κ1) is 14.4. The molecular weight excluding hydrogens is 235 g/mol. The molecular formula is C12H15BO5. The molecule has 0 atom stereocenters. The van der Waals surface area contributed by atoms with E-state index in [4.69, 9.17) is 14.8 Å². The standard InChI is InChI=1S/C12H15BO5/c1-12(2,3)18-11(15)9-4-8(7-14)5-10(6-9)13(16)17/h4-7,16-17H,1-3H3. The third-order valence-corrected chi connectivity index (χ3v) is 2.05. The molecule has 0 bridgehead atoms. The van der Waals surface area contributed by atoms with Crippen molar-refractivity contribution in [3.63, 3.8) is 0 Å². The van der Waals surface area contributed by atoms with Crippen LogP contribution in [0.5, 0.6) is 0 Å². The summed E-state index contributed by atoms with van der Waals surface area (Å²) in [5, 5.41) is 18.1. The number of hydrogen-bond acceptors (Lipinski definition) is 5. The molecule has 0 aliphatic carbocycles. The fourth-order valence-electron chi connectivity index (χ4n) is 1.35. The van der Waals surface area contributed by atoms with Gasteiger partial charge in [0.25, 0.3) is 0 Å². The molecule has 1 aromatic carbocycles. The van der Waals surface area contributed by atoms with Gasteiger partial charge in [0.15, 0.2) is 0 Å². The molecule has 0 aromatic heterocycles. The molecule has 0 unspecified atom stereocenters. The maximum Gasteiger partial charge on any atom is 0.488 e. The molecule has 6 heteroatoms. The molecule has 0 fully saturated rings. The second kappa shape index (κ2) is 5.33. The van der Waals surface area contributed by atoms with Crippen LogP contribution in [-0.2, 0) is 4.74 Å². The number of carbonyl (C=O) groups is 2. The van der Waals surface area contributed by atoms with Crippen molar-refractivity contribution in [1.29, 1.82) is 0 Å². The van der Waals surface area contributed by atoms with E-state index in [1.165, 1.54) is 18.2 Å². The lowest BCUT2D eigenvalue weighted by Gasteiger charge is -2.19. The zero-order valence-electron chi connectivity index (χ0n) is 10.5. The molecule has 0 saturated heterocycles. The Morgan fingerprint density at radius 1 is 1.28 bits per heavy atom. The second-order valence-corrected chi connectivity index (χ2v) is 4.88. The fraction of sp³-hybridized carbons (Fsp3) is 0.333. The van der Waals surface area contributed by atoms with E-state index >= 15 is 0 Å². The van der Waals surface area contributed by atoms with Gasteiger partial charge in [-0.25, -0.2) is 4.79 Å². The molecule has 0 radical (unpaired) electrons. The van der Waals surface area contributed by atoms with Gasteiger partial charge in [0.1, 0.15) is 11.9 Å². The first-order chi connectivity index (χ1) is 8.23. The van der Waals surface area contributed by atoms with E-state index in [1.54, 1.807) is 20.8 Å². The summed E-state index contributed by atoms with van der Waals surface area (Å²) in [6.07, 6.45) is 0.528. The van der Waals surface area contributed by atoms with Crippen LogP contribution in [0.25, 0.3) is 0 Å². The summed E-state index contributed by atoms with van der Waals surface area (Å²) >= 11 is 0. The number of rotatable bonds is 3. The molecule has 0 heterocycles. The normalized spacial score (nSPS) is 10.9. The van der Waals surface area contributed by atoms with Crippen molar-refractivity contribution in [2.75, 3.05) is 0 Å². The summed E-state index contributed by atoms with van der Waals surface area (Å²) < 4.78 is 5.14. The number of carbonyl (C=O) groups excluding carboxylic acids is 2. The predicted molar refractivity (Wildman–Crippen MR) is 66.8 cm³/mol. The van der Waals surface area contributed by atoms with E-state index in [0.29, 0.717) is 6.29 Å². The van der Waals surface area contributed by atoms with E-state index in [2.05, 4.69) is 0 Å². The molecule has 1 aromatic rings. The van der Waals surface area contributed by atoms with Crippen molar-refractivity contribution in [1.82, 2.24) is 0 Å². The fourth-order valence-corrected chi connectivity index (χ4v) is 1.35. The van der Waals surface area contributed by atoms with E-state index in [-0.39, 0.29) is 16.6 Å². The summed E-state index contributed by atoms with van der Waals surface area (Å²) in [4.78, 5) is 22.5. The van der Waals surface area contributed by atoms with Crippen LogP contribution >= 0.6 is 0 Å². The van der Waals surface area contributed by atoms with Gasteiger partial charge in [-0.15, -0.1) is 0 Å². The number of aldehydes is 1. The van der Waals surface area contributed by atoms with Crippen LogP contribution in [0, 0.1) is 0 Å². The average molecular weight is 250 g/mol. The molecule has 0 spiro atoms. The van der Waals surface area contributed by atoms with Crippen molar-refractivity contribution in [3.8, 4) is 0 Å². The highest BCUT2D eigenvalue weighted by molar-refractivity contribution is 6.58. The molecule has 18 heavy (non-hydrogen) atoms. The van der Waals surface area contributed by atoms with Crippen LogP contribution in [0.2, 0.25) is 0 Å². The van der Waals surface area contributed by atoms with E-state index < -0.39 is 18.7 Å². The van der Waals surface area contributed by atoms with Crippen LogP contribution < -0.4 is 5.46 Å². The molecule has 0 amide bonds. The molecule has 1 rings (SSSR count). The molecule has 0 aliphatic heterocycles. The Kier molecular flexibility index (Phi) is 4.26. The van der Waals surface area contributed by atoms with E-state index in [1.807, 2.05) is 0 Å². The number of benzene rings is 1. The smallest absolute Gasteiger partial charge is 0.456 e. The quantitative estimate of drug-likeness (QED) is 0.452. The van der Waals surface area contributed by atoms with Crippen molar-refractivity contribution in [2.24, 2.45) is 0 Å². The van der Waals surface area contributed by atoms with Crippen molar-refractivity contribution >= 4 is 24.8 Å². The minimum Gasteiger partial charge on any atom is -0.456 e. The number of hydrogen-bond donors (Lipinski definition) is 2. The van der Waals surface area contributed by atoms with Crippen molar-refractivity contribution < 1.29 is 24.4 Å². The first-order valence-corrected chi connectivity index (χ1v) is 5.42. The van der Waals surface area contributed by atoms with Crippen LogP contribution in [0.15, 0.2) is 18.2 Å².